The van der Waals surface area contributed by atoms with Crippen LogP contribution >= 0.6 is 12.6 Å². The predicted octanol–water partition coefficient (Wildman–Crippen LogP) is 1.57. The van der Waals surface area contributed by atoms with E-state index in [0.29, 0.717) is 16.0 Å². The van der Waals surface area contributed by atoms with E-state index in [2.05, 4.69) is 22.6 Å². The zero-order valence-electron chi connectivity index (χ0n) is 9.07. The summed E-state index contributed by atoms with van der Waals surface area (Å²) >= 11 is 4.16. The van der Waals surface area contributed by atoms with Gasteiger partial charge < -0.3 is 0 Å². The van der Waals surface area contributed by atoms with Gasteiger partial charge in [-0.25, -0.2) is 14.9 Å². The average molecular weight is 257 g/mol. The van der Waals surface area contributed by atoms with Crippen LogP contribution in [0.5, 0.6) is 0 Å². The number of anilines is 1. The summed E-state index contributed by atoms with van der Waals surface area (Å²) in [5.74, 6) is -0.740. The Morgan fingerprint density at radius 1 is 1.00 bits per heavy atom. The van der Waals surface area contributed by atoms with Crippen LogP contribution < -0.4 is 4.90 Å². The minimum Gasteiger partial charge on any atom is -0.268 e. The maximum Gasteiger partial charge on any atom is 0.268 e. The Bertz CT molecular complexity index is 658. The topological polar surface area (TPSA) is 63.2 Å². The van der Waals surface area contributed by atoms with Crippen molar-refractivity contribution in [3.8, 4) is 0 Å². The summed E-state index contributed by atoms with van der Waals surface area (Å²) in [6.45, 7) is 0. The fourth-order valence-corrected chi connectivity index (χ4v) is 2.02. The van der Waals surface area contributed by atoms with Gasteiger partial charge in [0.2, 0.25) is 5.95 Å². The van der Waals surface area contributed by atoms with E-state index >= 15 is 0 Å². The lowest BCUT2D eigenvalue weighted by molar-refractivity contribution is 0.0924. The molecule has 2 aromatic rings. The van der Waals surface area contributed by atoms with Crippen LogP contribution in [-0.4, -0.2) is 21.8 Å². The van der Waals surface area contributed by atoms with Gasteiger partial charge in [0.05, 0.1) is 11.1 Å². The highest BCUT2D eigenvalue weighted by molar-refractivity contribution is 7.80. The van der Waals surface area contributed by atoms with Crippen molar-refractivity contribution in [3.63, 3.8) is 0 Å². The first-order valence-electron chi connectivity index (χ1n) is 5.17. The summed E-state index contributed by atoms with van der Waals surface area (Å²) in [6.07, 6.45) is 2.96. The van der Waals surface area contributed by atoms with Crippen molar-refractivity contribution in [2.75, 3.05) is 4.90 Å². The van der Waals surface area contributed by atoms with E-state index in [1.165, 1.54) is 12.4 Å². The molecule has 0 bridgehead atoms. The molecular weight excluding hydrogens is 250 g/mol. The molecule has 2 amide bonds. The summed E-state index contributed by atoms with van der Waals surface area (Å²) in [4.78, 5) is 33.7. The molecule has 0 saturated carbocycles. The zero-order chi connectivity index (χ0) is 12.7. The highest BCUT2D eigenvalue weighted by atomic mass is 32.1. The highest BCUT2D eigenvalue weighted by Gasteiger charge is 2.38. The SMILES string of the molecule is O=C1c2ccc(S)cc2C(=O)N1c1ncccn1. The smallest absolute Gasteiger partial charge is 0.268 e. The van der Waals surface area contributed by atoms with Gasteiger partial charge in [-0.1, -0.05) is 0 Å². The van der Waals surface area contributed by atoms with Crippen LogP contribution in [0.25, 0.3) is 0 Å². The van der Waals surface area contributed by atoms with Crippen LogP contribution in [-0.2, 0) is 0 Å². The number of rotatable bonds is 1. The van der Waals surface area contributed by atoms with Gasteiger partial charge in [0.25, 0.3) is 11.8 Å². The number of thiol groups is 1. The molecule has 1 aromatic carbocycles. The minimum absolute atomic E-state index is 0.0874. The molecule has 0 aliphatic carbocycles. The lowest BCUT2D eigenvalue weighted by Crippen LogP contribution is -2.30. The van der Waals surface area contributed by atoms with Crippen molar-refractivity contribution < 1.29 is 9.59 Å². The quantitative estimate of drug-likeness (QED) is 0.622. The van der Waals surface area contributed by atoms with Crippen molar-refractivity contribution in [1.82, 2.24) is 9.97 Å². The number of hydrogen-bond acceptors (Lipinski definition) is 5. The number of carbonyl (C=O) groups is 2. The van der Waals surface area contributed by atoms with Crippen LogP contribution in [0, 0.1) is 0 Å². The van der Waals surface area contributed by atoms with Crippen LogP contribution in [0.1, 0.15) is 20.7 Å². The standard InChI is InChI=1S/C12H7N3O2S/c16-10-8-3-2-7(18)6-9(8)11(17)15(10)12-13-4-1-5-14-12/h1-6,18H. The van der Waals surface area contributed by atoms with Gasteiger partial charge >= 0.3 is 0 Å². The second kappa shape index (κ2) is 3.92. The first-order chi connectivity index (χ1) is 8.68. The number of amides is 2. The van der Waals surface area contributed by atoms with Gasteiger partial charge in [0.1, 0.15) is 0 Å². The molecule has 0 atom stereocenters. The predicted molar refractivity (Wildman–Crippen MR) is 66.9 cm³/mol. The van der Waals surface area contributed by atoms with E-state index in [1.807, 2.05) is 0 Å². The molecule has 0 fully saturated rings. The summed E-state index contributed by atoms with van der Waals surface area (Å²) in [5.41, 5.74) is 0.685. The molecule has 2 heterocycles. The molecule has 1 aromatic heterocycles. The lowest BCUT2D eigenvalue weighted by Gasteiger charge is -2.09. The molecule has 0 N–H and O–H groups in total. The molecule has 0 saturated heterocycles. The Labute approximate surface area is 108 Å². The highest BCUT2D eigenvalue weighted by Crippen LogP contribution is 2.27. The molecule has 6 heteroatoms. The van der Waals surface area contributed by atoms with Gasteiger partial charge in [-0.2, -0.15) is 0 Å². The van der Waals surface area contributed by atoms with E-state index in [4.69, 9.17) is 0 Å². The third kappa shape index (κ3) is 1.50. The minimum atomic E-state index is -0.419. The Hall–Kier alpha value is -2.21. The van der Waals surface area contributed by atoms with Gasteiger partial charge in [0, 0.05) is 17.3 Å². The summed E-state index contributed by atoms with van der Waals surface area (Å²) in [5, 5.41) is 0. The molecule has 1 aliphatic heterocycles. The van der Waals surface area contributed by atoms with E-state index in [-0.39, 0.29) is 5.95 Å². The van der Waals surface area contributed by atoms with E-state index in [0.717, 1.165) is 4.90 Å². The van der Waals surface area contributed by atoms with Crippen molar-refractivity contribution in [2.45, 2.75) is 4.90 Å². The zero-order valence-corrected chi connectivity index (χ0v) is 9.96. The maximum atomic E-state index is 12.2. The van der Waals surface area contributed by atoms with E-state index in [9.17, 15) is 9.59 Å². The number of imide groups is 1. The number of hydrogen-bond donors (Lipinski definition) is 1. The Morgan fingerprint density at radius 3 is 2.39 bits per heavy atom. The lowest BCUT2D eigenvalue weighted by atomic mass is 10.1. The Balaban J connectivity index is 2.13. The summed E-state index contributed by atoms with van der Waals surface area (Å²) in [6, 6.07) is 6.44. The summed E-state index contributed by atoms with van der Waals surface area (Å²) in [7, 11) is 0. The van der Waals surface area contributed by atoms with Crippen LogP contribution in [0.2, 0.25) is 0 Å². The normalized spacial score (nSPS) is 13.9. The molecular formula is C12H7N3O2S. The second-order valence-electron chi connectivity index (χ2n) is 3.72. The fourth-order valence-electron chi connectivity index (χ4n) is 1.82. The van der Waals surface area contributed by atoms with E-state index in [1.54, 1.807) is 24.3 Å². The molecule has 18 heavy (non-hydrogen) atoms. The number of benzene rings is 1. The maximum absolute atomic E-state index is 12.2. The van der Waals surface area contributed by atoms with Crippen molar-refractivity contribution in [3.05, 3.63) is 47.8 Å². The third-order valence-electron chi connectivity index (χ3n) is 2.62. The first kappa shape index (κ1) is 10.9. The monoisotopic (exact) mass is 257 g/mol. The van der Waals surface area contributed by atoms with Gasteiger partial charge in [-0.05, 0) is 24.3 Å². The summed E-state index contributed by atoms with van der Waals surface area (Å²) < 4.78 is 0. The Kier molecular flexibility index (Phi) is 2.38. The van der Waals surface area contributed by atoms with E-state index < -0.39 is 11.8 Å². The largest absolute Gasteiger partial charge is 0.268 e. The Morgan fingerprint density at radius 2 is 1.67 bits per heavy atom. The molecule has 88 valence electrons. The van der Waals surface area contributed by atoms with Crippen molar-refractivity contribution in [2.24, 2.45) is 0 Å². The molecule has 0 radical (unpaired) electrons. The number of fused-ring (bicyclic) bond motifs is 1. The molecule has 5 nitrogen and oxygen atoms in total. The fraction of sp³-hybridized carbons (Fsp3) is 0. The van der Waals surface area contributed by atoms with Crippen LogP contribution in [0.3, 0.4) is 0 Å². The number of aromatic nitrogens is 2. The first-order valence-corrected chi connectivity index (χ1v) is 5.62. The molecule has 1 aliphatic rings. The van der Waals surface area contributed by atoms with Gasteiger partial charge in [-0.15, -0.1) is 12.6 Å². The van der Waals surface area contributed by atoms with Crippen molar-refractivity contribution >= 4 is 30.4 Å². The van der Waals surface area contributed by atoms with Crippen LogP contribution in [0.4, 0.5) is 5.95 Å². The van der Waals surface area contributed by atoms with Crippen LogP contribution in [0.15, 0.2) is 41.6 Å². The third-order valence-corrected chi connectivity index (χ3v) is 2.90. The molecule has 0 unspecified atom stereocenters. The van der Waals surface area contributed by atoms with Gasteiger partial charge in [0.15, 0.2) is 0 Å². The average Bonchev–Trinajstić information content (AvgIpc) is 2.63. The molecule has 3 rings (SSSR count). The van der Waals surface area contributed by atoms with Crippen molar-refractivity contribution in [1.29, 1.82) is 0 Å². The number of nitrogens with zero attached hydrogens (tertiary/aromatic N) is 3. The van der Waals surface area contributed by atoms with Gasteiger partial charge in [-0.3, -0.25) is 9.59 Å². The number of carbonyl (C=O) groups excluding carboxylic acids is 2. The molecule has 0 spiro atoms. The second-order valence-corrected chi connectivity index (χ2v) is 4.24.